The van der Waals surface area contributed by atoms with Gasteiger partial charge in [-0.25, -0.2) is 15.2 Å². The van der Waals surface area contributed by atoms with Crippen LogP contribution in [0.2, 0.25) is 0 Å². The monoisotopic (exact) mass is 981 g/mol. The van der Waals surface area contributed by atoms with Crippen molar-refractivity contribution < 1.29 is 33.4 Å². The first-order chi connectivity index (χ1) is 33.4. The molecule has 1 aromatic carbocycles. The fourth-order valence-corrected chi connectivity index (χ4v) is 11.6. The number of hydrogen-bond donors (Lipinski definition) is 3. The van der Waals surface area contributed by atoms with Crippen molar-refractivity contribution in [2.75, 3.05) is 46.9 Å². The largest absolute Gasteiger partial charge is 0.464 e. The van der Waals surface area contributed by atoms with E-state index >= 15 is 0 Å². The zero-order valence-corrected chi connectivity index (χ0v) is 43.4. The first kappa shape index (κ1) is 50.9. The molecule has 3 aromatic heterocycles. The summed E-state index contributed by atoms with van der Waals surface area (Å²) in [5.74, 6) is -1.61. The number of pyridine rings is 1. The van der Waals surface area contributed by atoms with Gasteiger partial charge in [0.15, 0.2) is 0 Å². The van der Waals surface area contributed by atoms with Crippen molar-refractivity contribution in [3.63, 3.8) is 0 Å². The average Bonchev–Trinajstić information content (AvgIpc) is 4.02. The highest BCUT2D eigenvalue weighted by atomic mass is 32.1. The van der Waals surface area contributed by atoms with E-state index in [-0.39, 0.29) is 55.1 Å². The summed E-state index contributed by atoms with van der Waals surface area (Å²) in [5, 5.41) is 11.3. The van der Waals surface area contributed by atoms with Gasteiger partial charge in [-0.15, -0.1) is 11.3 Å². The molecule has 7 heterocycles. The predicted octanol–water partition coefficient (Wildman–Crippen LogP) is 5.95. The molecule has 7 atom stereocenters. The number of amides is 5. The number of piperazine rings is 1. The number of rotatable bonds is 11. The molecule has 0 saturated carbocycles. The number of thiazole rings is 1. The quantitative estimate of drug-likeness (QED) is 0.119. The molecule has 3 unspecified atom stereocenters. The van der Waals surface area contributed by atoms with Crippen LogP contribution in [0.5, 0.6) is 0 Å². The van der Waals surface area contributed by atoms with Gasteiger partial charge in [0.1, 0.15) is 18.1 Å². The number of benzene rings is 1. The number of urea groups is 1. The summed E-state index contributed by atoms with van der Waals surface area (Å²) in [6, 6.07) is 6.66. The number of hydrazine groups is 1. The van der Waals surface area contributed by atoms with Crippen LogP contribution >= 0.6 is 11.3 Å². The molecule has 3 fully saturated rings. The number of carbonyl (C=O) groups excluding carboxylic acids is 5. The summed E-state index contributed by atoms with van der Waals surface area (Å²) in [4.78, 5) is 86.4. The molecule has 4 aliphatic rings. The highest BCUT2D eigenvalue weighted by Gasteiger charge is 2.44. The Kier molecular flexibility index (Phi) is 15.4. The Labute approximate surface area is 416 Å². The second kappa shape index (κ2) is 21.1. The van der Waals surface area contributed by atoms with E-state index in [0.717, 1.165) is 51.1 Å². The lowest BCUT2D eigenvalue weighted by Crippen LogP contribution is -2.66. The topological polar surface area (TPSA) is 193 Å². The molecule has 8 rings (SSSR count). The number of ether oxygens (including phenoxy) is 2. The molecule has 3 saturated heterocycles. The lowest BCUT2D eigenvalue weighted by atomic mass is 9.84. The molecule has 0 spiro atoms. The van der Waals surface area contributed by atoms with Gasteiger partial charge in [-0.3, -0.25) is 29.2 Å². The summed E-state index contributed by atoms with van der Waals surface area (Å²) in [6.07, 6.45) is 4.71. The number of aryl methyl sites for hydroxylation is 1. The molecule has 378 valence electrons. The Morgan fingerprint density at radius 2 is 1.89 bits per heavy atom. The van der Waals surface area contributed by atoms with E-state index in [1.165, 1.54) is 21.2 Å². The highest BCUT2D eigenvalue weighted by molar-refractivity contribution is 7.10. The van der Waals surface area contributed by atoms with Crippen LogP contribution in [0.15, 0.2) is 41.9 Å². The second-order valence-corrected chi connectivity index (χ2v) is 21.7. The Morgan fingerprint density at radius 3 is 2.59 bits per heavy atom. The third-order valence-corrected chi connectivity index (χ3v) is 15.3. The Balaban J connectivity index is 1.14. The van der Waals surface area contributed by atoms with Crippen molar-refractivity contribution in [3.8, 4) is 22.5 Å². The first-order valence-electron chi connectivity index (χ1n) is 25.1. The van der Waals surface area contributed by atoms with Crippen molar-refractivity contribution in [1.29, 1.82) is 0 Å². The van der Waals surface area contributed by atoms with E-state index in [9.17, 15) is 24.0 Å². The normalized spacial score (nSPS) is 23.7. The van der Waals surface area contributed by atoms with E-state index in [1.807, 2.05) is 48.9 Å². The fraction of sp³-hybridized carbons (Fsp3) is 0.596. The minimum absolute atomic E-state index is 0.0597. The molecular weight excluding hydrogens is 909 g/mol. The number of esters is 1. The number of carbonyl (C=O) groups is 5. The maximum Gasteiger partial charge on any atom is 0.324 e. The number of nitrogens with one attached hydrogen (secondary N) is 3. The molecule has 6 bridgehead atoms. The van der Waals surface area contributed by atoms with Crippen LogP contribution in [0, 0.1) is 11.3 Å². The Morgan fingerprint density at radius 1 is 1.11 bits per heavy atom. The summed E-state index contributed by atoms with van der Waals surface area (Å²) in [5.41, 5.74) is 9.30. The standard InChI is InChI=1S/C52H72N10O7S/c1-11-15-34-27-59(48(64)40-25-54-40)26-31(5)62(34)51(67)58(9)45(30(3)4)47(63)56-39-23-43-55-41(28-70-43)33-18-19-42-36(22-33)37(46(60(42)12-2)35-16-13-20-53-44(35)32(6)68-10)24-52(7,8)29-69-50(66)38-17-14-21-61(57-38)49(39)65/h13,16,18-20,22,28,30-32,34,38-40,45,54,57H,11-12,14-15,17,21,23-27,29H2,1-10H3,(H,56,63)/t31?,32-,34?,38-,39-,40+,45?/m0/s1. The van der Waals surface area contributed by atoms with Crippen molar-refractivity contribution in [1.82, 2.24) is 50.3 Å². The number of cyclic esters (lactones) is 1. The molecule has 5 amide bonds. The van der Waals surface area contributed by atoms with Gasteiger partial charge in [0.2, 0.25) is 11.8 Å². The van der Waals surface area contributed by atoms with Gasteiger partial charge in [-0.2, -0.15) is 0 Å². The fourth-order valence-electron chi connectivity index (χ4n) is 10.8. The van der Waals surface area contributed by atoms with Crippen molar-refractivity contribution in [2.24, 2.45) is 11.3 Å². The zero-order chi connectivity index (χ0) is 50.2. The Bertz CT molecular complexity index is 2590. The minimum atomic E-state index is -1.09. The zero-order valence-electron chi connectivity index (χ0n) is 42.5. The van der Waals surface area contributed by atoms with Crippen LogP contribution in [0.1, 0.15) is 103 Å². The molecule has 18 heteroatoms. The summed E-state index contributed by atoms with van der Waals surface area (Å²) < 4.78 is 14.3. The van der Waals surface area contributed by atoms with Crippen LogP contribution in [0.25, 0.3) is 33.4 Å². The van der Waals surface area contributed by atoms with Gasteiger partial charge in [-0.05, 0) is 82.2 Å². The molecule has 0 aliphatic carbocycles. The number of nitrogens with zero attached hydrogens (tertiary/aromatic N) is 7. The lowest BCUT2D eigenvalue weighted by molar-refractivity contribution is -0.155. The van der Waals surface area contributed by atoms with Gasteiger partial charge in [0.05, 0.1) is 46.9 Å². The lowest BCUT2D eigenvalue weighted by Gasteiger charge is -2.48. The molecule has 4 aliphatic heterocycles. The number of likely N-dealkylation sites (N-methyl/N-ethyl adjacent to an activating group) is 1. The molecule has 4 aromatic rings. The van der Waals surface area contributed by atoms with Crippen molar-refractivity contribution in [2.45, 2.75) is 143 Å². The average molecular weight is 981 g/mol. The van der Waals surface area contributed by atoms with Gasteiger partial charge in [0, 0.05) is 98.4 Å². The number of fused-ring (bicyclic) bond motifs is 6. The maximum atomic E-state index is 14.8. The SMILES string of the molecule is CCCC1CN(C(=O)[C@H]2CN2)CC(C)N1C(=O)N(C)C(C(=O)N[C@H]1Cc2nc(cs2)-c2ccc3c(c2)c(c(-c2cccnc2[C@H](C)OC)n3CC)CC(C)(C)COC(=O)[C@@H]2CCCN(N2)C1=O)C(C)C. The number of hydrogen-bond acceptors (Lipinski definition) is 12. The number of methoxy groups -OCH3 is 1. The number of aromatic nitrogens is 3. The van der Waals surface area contributed by atoms with E-state index in [1.54, 1.807) is 20.4 Å². The first-order valence-corrected chi connectivity index (χ1v) is 26.0. The maximum absolute atomic E-state index is 14.8. The molecule has 70 heavy (non-hydrogen) atoms. The summed E-state index contributed by atoms with van der Waals surface area (Å²) in [6.45, 7) is 18.8. The summed E-state index contributed by atoms with van der Waals surface area (Å²) in [7, 11) is 3.33. The van der Waals surface area contributed by atoms with E-state index in [0.29, 0.717) is 63.4 Å². The van der Waals surface area contributed by atoms with Gasteiger partial charge in [-0.1, -0.05) is 47.1 Å². The summed E-state index contributed by atoms with van der Waals surface area (Å²) >= 11 is 1.42. The van der Waals surface area contributed by atoms with E-state index in [4.69, 9.17) is 19.4 Å². The van der Waals surface area contributed by atoms with Crippen molar-refractivity contribution >= 4 is 52.0 Å². The van der Waals surface area contributed by atoms with Gasteiger partial charge < -0.3 is 39.4 Å². The van der Waals surface area contributed by atoms with Crippen LogP contribution in [0.3, 0.4) is 0 Å². The van der Waals surface area contributed by atoms with Crippen LogP contribution in [0.4, 0.5) is 4.79 Å². The predicted molar refractivity (Wildman–Crippen MR) is 269 cm³/mol. The van der Waals surface area contributed by atoms with Gasteiger partial charge in [0.25, 0.3) is 5.91 Å². The van der Waals surface area contributed by atoms with Crippen LogP contribution < -0.4 is 16.1 Å². The molecule has 3 N–H and O–H groups in total. The molecule has 17 nitrogen and oxygen atoms in total. The van der Waals surface area contributed by atoms with Gasteiger partial charge >= 0.3 is 12.0 Å². The van der Waals surface area contributed by atoms with Crippen molar-refractivity contribution in [3.05, 3.63) is 58.2 Å². The van der Waals surface area contributed by atoms with E-state index < -0.39 is 41.3 Å². The smallest absolute Gasteiger partial charge is 0.324 e. The minimum Gasteiger partial charge on any atom is -0.464 e. The Hall–Kier alpha value is -5.43. The molecular formula is C52H72N10O7S. The highest BCUT2D eigenvalue weighted by Crippen LogP contribution is 2.42. The van der Waals surface area contributed by atoms with Crippen LogP contribution in [-0.2, 0) is 48.0 Å². The second-order valence-electron chi connectivity index (χ2n) is 20.8. The third kappa shape index (κ3) is 10.5. The van der Waals surface area contributed by atoms with Crippen LogP contribution in [-0.4, -0.2) is 147 Å². The third-order valence-electron chi connectivity index (χ3n) is 14.4. The molecule has 0 radical (unpaired) electrons. The van der Waals surface area contributed by atoms with E-state index in [2.05, 4.69) is 72.6 Å².